The van der Waals surface area contributed by atoms with Crippen molar-refractivity contribution in [1.29, 1.82) is 0 Å². The molecule has 3 rings (SSSR count). The van der Waals surface area contributed by atoms with Gasteiger partial charge in [-0.25, -0.2) is 4.79 Å². The maximum absolute atomic E-state index is 12.8. The molecule has 0 saturated heterocycles. The predicted molar refractivity (Wildman–Crippen MR) is 119 cm³/mol. The van der Waals surface area contributed by atoms with E-state index in [1.54, 1.807) is 13.0 Å². The molecule has 1 N–H and O–H groups in total. The number of nitrogens with one attached hydrogen (secondary N) is 1. The minimum atomic E-state index is -0.433. The highest BCUT2D eigenvalue weighted by atomic mass is 32.1. The average molecular weight is 408 g/mol. The molecule has 150 valence electrons. The van der Waals surface area contributed by atoms with Crippen LogP contribution in [0.5, 0.6) is 0 Å². The second-order valence-electron chi connectivity index (χ2n) is 7.13. The molecule has 5 heteroatoms. The van der Waals surface area contributed by atoms with E-state index < -0.39 is 5.97 Å². The van der Waals surface area contributed by atoms with Crippen molar-refractivity contribution >= 4 is 28.2 Å². The molecular formula is C24H25NO3S. The van der Waals surface area contributed by atoms with Crippen LogP contribution in [0.4, 0.5) is 5.00 Å². The van der Waals surface area contributed by atoms with Crippen molar-refractivity contribution in [2.24, 2.45) is 0 Å². The Hall–Kier alpha value is -2.92. The lowest BCUT2D eigenvalue weighted by Crippen LogP contribution is -2.15. The molecule has 29 heavy (non-hydrogen) atoms. The Morgan fingerprint density at radius 3 is 2.21 bits per heavy atom. The van der Waals surface area contributed by atoms with Gasteiger partial charge in [-0.05, 0) is 74.6 Å². The van der Waals surface area contributed by atoms with Crippen LogP contribution >= 0.6 is 11.3 Å². The SMILES string of the molecule is CCOC(=O)c1c(-c2ccc(C)c(C)c2)csc1NC(=O)c1ccc(C)c(C)c1. The molecule has 2 aromatic carbocycles. The van der Waals surface area contributed by atoms with Gasteiger partial charge in [0.2, 0.25) is 0 Å². The highest BCUT2D eigenvalue weighted by Gasteiger charge is 2.23. The van der Waals surface area contributed by atoms with Crippen LogP contribution in [0, 0.1) is 27.7 Å². The van der Waals surface area contributed by atoms with Crippen molar-refractivity contribution in [3.63, 3.8) is 0 Å². The lowest BCUT2D eigenvalue weighted by molar-refractivity contribution is 0.0529. The summed E-state index contributed by atoms with van der Waals surface area (Å²) in [5.74, 6) is -0.676. The monoisotopic (exact) mass is 407 g/mol. The molecule has 0 aliphatic rings. The number of hydrogen-bond acceptors (Lipinski definition) is 4. The van der Waals surface area contributed by atoms with Crippen molar-refractivity contribution < 1.29 is 14.3 Å². The fraction of sp³-hybridized carbons (Fsp3) is 0.250. The van der Waals surface area contributed by atoms with E-state index in [0.29, 0.717) is 16.1 Å². The number of thiophene rings is 1. The van der Waals surface area contributed by atoms with Crippen LogP contribution in [-0.4, -0.2) is 18.5 Å². The van der Waals surface area contributed by atoms with Gasteiger partial charge in [0, 0.05) is 16.5 Å². The quantitative estimate of drug-likeness (QED) is 0.522. The minimum Gasteiger partial charge on any atom is -0.462 e. The number of aryl methyl sites for hydroxylation is 4. The summed E-state index contributed by atoms with van der Waals surface area (Å²) in [4.78, 5) is 25.5. The predicted octanol–water partition coefficient (Wildman–Crippen LogP) is 6.08. The first kappa shape index (κ1) is 20.8. The van der Waals surface area contributed by atoms with E-state index in [-0.39, 0.29) is 12.5 Å². The number of benzene rings is 2. The van der Waals surface area contributed by atoms with Crippen LogP contribution in [0.2, 0.25) is 0 Å². The first-order valence-corrected chi connectivity index (χ1v) is 10.4. The summed E-state index contributed by atoms with van der Waals surface area (Å²) < 4.78 is 5.28. The third-order valence-electron chi connectivity index (χ3n) is 5.08. The summed E-state index contributed by atoms with van der Waals surface area (Å²) in [7, 11) is 0. The molecular weight excluding hydrogens is 382 g/mol. The zero-order valence-electron chi connectivity index (χ0n) is 17.4. The van der Waals surface area contributed by atoms with E-state index in [0.717, 1.165) is 27.8 Å². The number of amides is 1. The van der Waals surface area contributed by atoms with Gasteiger partial charge in [0.15, 0.2) is 0 Å². The molecule has 1 amide bonds. The van der Waals surface area contributed by atoms with Crippen molar-refractivity contribution in [1.82, 2.24) is 0 Å². The second-order valence-corrected chi connectivity index (χ2v) is 8.01. The molecule has 0 unspecified atom stereocenters. The van der Waals surface area contributed by atoms with Gasteiger partial charge < -0.3 is 10.1 Å². The van der Waals surface area contributed by atoms with Gasteiger partial charge in [0.1, 0.15) is 10.6 Å². The fourth-order valence-electron chi connectivity index (χ4n) is 3.04. The van der Waals surface area contributed by atoms with Crippen molar-refractivity contribution in [2.45, 2.75) is 34.6 Å². The number of hydrogen-bond donors (Lipinski definition) is 1. The lowest BCUT2D eigenvalue weighted by Gasteiger charge is -2.10. The van der Waals surface area contributed by atoms with Crippen LogP contribution in [-0.2, 0) is 4.74 Å². The van der Waals surface area contributed by atoms with Gasteiger partial charge in [-0.15, -0.1) is 11.3 Å². The zero-order valence-corrected chi connectivity index (χ0v) is 18.2. The lowest BCUT2D eigenvalue weighted by atomic mass is 9.99. The second kappa shape index (κ2) is 8.62. The highest BCUT2D eigenvalue weighted by molar-refractivity contribution is 7.15. The Labute approximate surface area is 175 Å². The molecule has 1 heterocycles. The third kappa shape index (κ3) is 4.40. The van der Waals surface area contributed by atoms with E-state index in [9.17, 15) is 9.59 Å². The summed E-state index contributed by atoms with van der Waals surface area (Å²) in [6.45, 7) is 10.1. The zero-order chi connectivity index (χ0) is 21.1. The first-order chi connectivity index (χ1) is 13.8. The Bertz CT molecular complexity index is 1080. The molecule has 0 aliphatic heterocycles. The van der Waals surface area contributed by atoms with Crippen LogP contribution in [0.25, 0.3) is 11.1 Å². The van der Waals surface area contributed by atoms with Crippen LogP contribution in [0.15, 0.2) is 41.8 Å². The van der Waals surface area contributed by atoms with E-state index >= 15 is 0 Å². The summed E-state index contributed by atoms with van der Waals surface area (Å²) in [6, 6.07) is 11.6. The molecule has 3 aromatic rings. The molecule has 0 fully saturated rings. The van der Waals surface area contributed by atoms with E-state index in [1.807, 2.05) is 57.3 Å². The van der Waals surface area contributed by atoms with Crippen LogP contribution < -0.4 is 5.32 Å². The fourth-order valence-corrected chi connectivity index (χ4v) is 3.99. The van der Waals surface area contributed by atoms with E-state index in [4.69, 9.17) is 4.74 Å². The Morgan fingerprint density at radius 2 is 1.59 bits per heavy atom. The standard InChI is InChI=1S/C24H25NO3S/c1-6-28-24(27)21-20(18-9-7-14(2)16(4)11-18)13-29-23(21)25-22(26)19-10-8-15(3)17(5)12-19/h7-13H,6H2,1-5H3,(H,25,26). The van der Waals surface area contributed by atoms with Gasteiger partial charge >= 0.3 is 5.97 Å². The van der Waals surface area contributed by atoms with Gasteiger partial charge in [0.05, 0.1) is 6.61 Å². The summed E-state index contributed by atoms with van der Waals surface area (Å²) >= 11 is 1.33. The molecule has 4 nitrogen and oxygen atoms in total. The summed E-state index contributed by atoms with van der Waals surface area (Å²) in [6.07, 6.45) is 0. The van der Waals surface area contributed by atoms with Crippen LogP contribution in [0.1, 0.15) is 49.9 Å². The van der Waals surface area contributed by atoms with Crippen LogP contribution in [0.3, 0.4) is 0 Å². The number of esters is 1. The number of rotatable bonds is 5. The Kier molecular flexibility index (Phi) is 6.18. The number of carbonyl (C=O) groups is 2. The maximum Gasteiger partial charge on any atom is 0.341 e. The van der Waals surface area contributed by atoms with Gasteiger partial charge in [-0.2, -0.15) is 0 Å². The topological polar surface area (TPSA) is 55.4 Å². The molecule has 0 bridgehead atoms. The Morgan fingerprint density at radius 1 is 0.931 bits per heavy atom. The van der Waals surface area contributed by atoms with Gasteiger partial charge in [-0.1, -0.05) is 24.3 Å². The number of carbonyl (C=O) groups excluding carboxylic acids is 2. The largest absolute Gasteiger partial charge is 0.462 e. The number of anilines is 1. The molecule has 0 atom stereocenters. The molecule has 0 aliphatic carbocycles. The smallest absolute Gasteiger partial charge is 0.341 e. The van der Waals surface area contributed by atoms with E-state index in [1.165, 1.54) is 16.9 Å². The number of ether oxygens (including phenoxy) is 1. The molecule has 1 aromatic heterocycles. The third-order valence-corrected chi connectivity index (χ3v) is 5.98. The van der Waals surface area contributed by atoms with Crippen molar-refractivity contribution in [3.8, 4) is 11.1 Å². The minimum absolute atomic E-state index is 0.243. The average Bonchev–Trinajstić information content (AvgIpc) is 3.10. The van der Waals surface area contributed by atoms with Gasteiger partial charge in [0.25, 0.3) is 5.91 Å². The van der Waals surface area contributed by atoms with Gasteiger partial charge in [-0.3, -0.25) is 4.79 Å². The normalized spacial score (nSPS) is 10.7. The summed E-state index contributed by atoms with van der Waals surface area (Å²) in [5, 5.41) is 5.30. The first-order valence-electron chi connectivity index (χ1n) is 9.56. The maximum atomic E-state index is 12.8. The van der Waals surface area contributed by atoms with E-state index in [2.05, 4.69) is 11.4 Å². The van der Waals surface area contributed by atoms with Crippen molar-refractivity contribution in [3.05, 3.63) is 75.2 Å². The molecule has 0 saturated carbocycles. The Balaban J connectivity index is 2.01. The molecule has 0 spiro atoms. The molecule has 0 radical (unpaired) electrons. The van der Waals surface area contributed by atoms with Crippen molar-refractivity contribution in [2.75, 3.05) is 11.9 Å². The summed E-state index contributed by atoms with van der Waals surface area (Å²) in [5.41, 5.74) is 7.16. The highest BCUT2D eigenvalue weighted by Crippen LogP contribution is 2.37.